The van der Waals surface area contributed by atoms with Gasteiger partial charge in [0.2, 0.25) is 0 Å². The first-order valence-corrected chi connectivity index (χ1v) is 8.77. The third-order valence-corrected chi connectivity index (χ3v) is 5.25. The Labute approximate surface area is 129 Å². The van der Waals surface area contributed by atoms with Crippen molar-refractivity contribution in [1.29, 1.82) is 0 Å². The van der Waals surface area contributed by atoms with Crippen LogP contribution < -0.4 is 10.2 Å². The molecule has 1 aliphatic heterocycles. The van der Waals surface area contributed by atoms with Crippen LogP contribution in [0.1, 0.15) is 51.0 Å². The molecule has 1 saturated carbocycles. The Morgan fingerprint density at radius 2 is 2.10 bits per heavy atom. The molecule has 0 amide bonds. The lowest BCUT2D eigenvalue weighted by molar-refractivity contribution is 0.202. The third kappa shape index (κ3) is 3.57. The van der Waals surface area contributed by atoms with E-state index >= 15 is 0 Å². The van der Waals surface area contributed by atoms with Gasteiger partial charge in [-0.05, 0) is 43.7 Å². The van der Waals surface area contributed by atoms with Gasteiger partial charge in [-0.1, -0.05) is 26.2 Å². The zero-order valence-corrected chi connectivity index (χ0v) is 13.4. The fourth-order valence-corrected chi connectivity index (χ4v) is 4.08. The van der Waals surface area contributed by atoms with Crippen LogP contribution in [-0.4, -0.2) is 24.6 Å². The van der Waals surface area contributed by atoms with Crippen LogP contribution in [-0.2, 0) is 6.54 Å². The maximum atomic E-state index is 4.33. The maximum Gasteiger partial charge on any atom is 0.0442 e. The van der Waals surface area contributed by atoms with Gasteiger partial charge in [0.15, 0.2) is 0 Å². The molecule has 3 nitrogen and oxygen atoms in total. The predicted octanol–water partition coefficient (Wildman–Crippen LogP) is 3.60. The molecule has 0 spiro atoms. The van der Waals surface area contributed by atoms with Gasteiger partial charge in [0.25, 0.3) is 0 Å². The molecule has 1 saturated heterocycles. The van der Waals surface area contributed by atoms with Crippen molar-refractivity contribution in [3.63, 3.8) is 0 Å². The summed E-state index contributed by atoms with van der Waals surface area (Å²) in [5.41, 5.74) is 2.78. The Bertz CT molecular complexity index is 446. The molecular weight excluding hydrogens is 258 g/mol. The van der Waals surface area contributed by atoms with Gasteiger partial charge >= 0.3 is 0 Å². The molecular formula is C18H29N3. The topological polar surface area (TPSA) is 28.2 Å². The molecule has 2 aliphatic rings. The average molecular weight is 287 g/mol. The van der Waals surface area contributed by atoms with E-state index in [9.17, 15) is 0 Å². The van der Waals surface area contributed by atoms with Crippen LogP contribution in [0.3, 0.4) is 0 Å². The monoisotopic (exact) mass is 287 g/mol. The number of rotatable bonds is 5. The summed E-state index contributed by atoms with van der Waals surface area (Å²) in [7, 11) is 0. The minimum absolute atomic E-state index is 0.928. The third-order valence-electron chi connectivity index (χ3n) is 5.25. The average Bonchev–Trinajstić information content (AvgIpc) is 2.55. The van der Waals surface area contributed by atoms with Crippen LogP contribution in [0.5, 0.6) is 0 Å². The highest BCUT2D eigenvalue weighted by molar-refractivity contribution is 5.52. The van der Waals surface area contributed by atoms with Crippen molar-refractivity contribution in [2.45, 2.75) is 52.0 Å². The van der Waals surface area contributed by atoms with Crippen molar-refractivity contribution < 1.29 is 0 Å². The maximum absolute atomic E-state index is 4.33. The summed E-state index contributed by atoms with van der Waals surface area (Å²) in [6.07, 6.45) is 12.4. The van der Waals surface area contributed by atoms with E-state index in [1.54, 1.807) is 0 Å². The molecule has 116 valence electrons. The fourth-order valence-electron chi connectivity index (χ4n) is 4.08. The first kappa shape index (κ1) is 14.8. The van der Waals surface area contributed by atoms with Crippen LogP contribution in [0.2, 0.25) is 0 Å². The van der Waals surface area contributed by atoms with Gasteiger partial charge < -0.3 is 10.2 Å². The number of nitrogens with zero attached hydrogens (tertiary/aromatic N) is 2. The Balaban J connectivity index is 1.68. The summed E-state index contributed by atoms with van der Waals surface area (Å²) < 4.78 is 0. The molecule has 2 heterocycles. The van der Waals surface area contributed by atoms with E-state index in [0.29, 0.717) is 0 Å². The van der Waals surface area contributed by atoms with Crippen LogP contribution in [0, 0.1) is 11.8 Å². The van der Waals surface area contributed by atoms with E-state index in [1.807, 2.05) is 12.4 Å². The van der Waals surface area contributed by atoms with Gasteiger partial charge in [-0.25, -0.2) is 0 Å². The lowest BCUT2D eigenvalue weighted by Gasteiger charge is -2.42. The highest BCUT2D eigenvalue weighted by Crippen LogP contribution is 2.38. The molecule has 1 aromatic rings. The highest BCUT2D eigenvalue weighted by atomic mass is 15.1. The van der Waals surface area contributed by atoms with Crippen LogP contribution in [0.25, 0.3) is 0 Å². The van der Waals surface area contributed by atoms with Gasteiger partial charge in [-0.15, -0.1) is 0 Å². The molecule has 0 bridgehead atoms. The van der Waals surface area contributed by atoms with E-state index < -0.39 is 0 Å². The normalized spacial score (nSPS) is 25.7. The van der Waals surface area contributed by atoms with Crippen molar-refractivity contribution in [1.82, 2.24) is 10.3 Å². The minimum Gasteiger partial charge on any atom is -0.371 e. The molecule has 3 heteroatoms. The van der Waals surface area contributed by atoms with E-state index in [2.05, 4.69) is 28.2 Å². The SMILES string of the molecule is CCCNCc1cnccc1N1CCC2CCCCC2C1. The molecule has 2 fully saturated rings. The van der Waals surface area contributed by atoms with Crippen molar-refractivity contribution in [2.24, 2.45) is 11.8 Å². The zero-order valence-electron chi connectivity index (χ0n) is 13.4. The summed E-state index contributed by atoms with van der Waals surface area (Å²) in [5.74, 6) is 1.93. The van der Waals surface area contributed by atoms with Gasteiger partial charge in [0.1, 0.15) is 0 Å². The van der Waals surface area contributed by atoms with E-state index in [0.717, 1.165) is 24.9 Å². The zero-order chi connectivity index (χ0) is 14.5. The molecule has 1 aromatic heterocycles. The highest BCUT2D eigenvalue weighted by Gasteiger charge is 2.31. The summed E-state index contributed by atoms with van der Waals surface area (Å²) in [6, 6.07) is 2.21. The van der Waals surface area contributed by atoms with Crippen molar-refractivity contribution in [2.75, 3.05) is 24.5 Å². The summed E-state index contributed by atoms with van der Waals surface area (Å²) >= 11 is 0. The van der Waals surface area contributed by atoms with Crippen molar-refractivity contribution in [3.05, 3.63) is 24.0 Å². The summed E-state index contributed by atoms with van der Waals surface area (Å²) in [5, 5.41) is 3.52. The van der Waals surface area contributed by atoms with E-state index in [4.69, 9.17) is 0 Å². The van der Waals surface area contributed by atoms with E-state index in [-0.39, 0.29) is 0 Å². The number of aromatic nitrogens is 1. The number of nitrogens with one attached hydrogen (secondary N) is 1. The smallest absolute Gasteiger partial charge is 0.0442 e. The second kappa shape index (κ2) is 7.26. The number of hydrogen-bond donors (Lipinski definition) is 1. The summed E-state index contributed by atoms with van der Waals surface area (Å²) in [4.78, 5) is 6.96. The predicted molar refractivity (Wildman–Crippen MR) is 88.5 cm³/mol. The minimum atomic E-state index is 0.928. The molecule has 2 atom stereocenters. The van der Waals surface area contributed by atoms with Crippen LogP contribution >= 0.6 is 0 Å². The lowest BCUT2D eigenvalue weighted by atomic mass is 9.75. The second-order valence-corrected chi connectivity index (χ2v) is 6.72. The van der Waals surface area contributed by atoms with Gasteiger partial charge in [0, 0.05) is 43.3 Å². The molecule has 1 aliphatic carbocycles. The molecule has 0 radical (unpaired) electrons. The van der Waals surface area contributed by atoms with E-state index in [1.165, 1.54) is 62.9 Å². The molecule has 21 heavy (non-hydrogen) atoms. The second-order valence-electron chi connectivity index (χ2n) is 6.72. The van der Waals surface area contributed by atoms with Gasteiger partial charge in [-0.3, -0.25) is 4.98 Å². The first-order chi connectivity index (χ1) is 10.4. The van der Waals surface area contributed by atoms with Gasteiger partial charge in [0.05, 0.1) is 0 Å². The Morgan fingerprint density at radius 3 is 2.95 bits per heavy atom. The largest absolute Gasteiger partial charge is 0.371 e. The number of piperidine rings is 1. The number of pyridine rings is 1. The molecule has 2 unspecified atom stereocenters. The fraction of sp³-hybridized carbons (Fsp3) is 0.722. The quantitative estimate of drug-likeness (QED) is 0.839. The Hall–Kier alpha value is -1.09. The van der Waals surface area contributed by atoms with Crippen LogP contribution in [0.4, 0.5) is 5.69 Å². The van der Waals surface area contributed by atoms with Gasteiger partial charge in [-0.2, -0.15) is 0 Å². The number of fused-ring (bicyclic) bond motifs is 1. The standard InChI is InChI=1S/C18H29N3/c1-2-9-19-12-17-13-20-10-7-18(17)21-11-8-15-5-3-4-6-16(15)14-21/h7,10,13,15-16,19H,2-6,8-9,11-12,14H2,1H3. The number of hydrogen-bond acceptors (Lipinski definition) is 3. The molecule has 0 aromatic carbocycles. The summed E-state index contributed by atoms with van der Waals surface area (Å²) in [6.45, 7) is 6.73. The Morgan fingerprint density at radius 1 is 1.24 bits per heavy atom. The van der Waals surface area contributed by atoms with Crippen molar-refractivity contribution >= 4 is 5.69 Å². The lowest BCUT2D eigenvalue weighted by Crippen LogP contribution is -2.42. The van der Waals surface area contributed by atoms with Crippen LogP contribution in [0.15, 0.2) is 18.5 Å². The Kier molecular flexibility index (Phi) is 5.13. The molecule has 3 rings (SSSR count). The van der Waals surface area contributed by atoms with Crippen molar-refractivity contribution in [3.8, 4) is 0 Å². The number of anilines is 1. The first-order valence-electron chi connectivity index (χ1n) is 8.77. The molecule has 1 N–H and O–H groups in total.